The van der Waals surface area contributed by atoms with Gasteiger partial charge in [0.05, 0.1) is 12.5 Å². The third kappa shape index (κ3) is 1.42. The van der Waals surface area contributed by atoms with Crippen molar-refractivity contribution in [2.24, 2.45) is 10.7 Å². The molecule has 1 heterocycles. The van der Waals surface area contributed by atoms with Gasteiger partial charge in [-0.25, -0.2) is 0 Å². The predicted octanol–water partition coefficient (Wildman–Crippen LogP) is -0.216. The number of hydrogen-bond donors (Lipinski definition) is 1. The monoisotopic (exact) mass is 176 g/mol. The molecular formula is C10H12N2O. The zero-order valence-corrected chi connectivity index (χ0v) is 7.74. The molecule has 2 rings (SSSR count). The van der Waals surface area contributed by atoms with Gasteiger partial charge in [-0.15, -0.1) is 0 Å². The van der Waals surface area contributed by atoms with Gasteiger partial charge in [-0.3, -0.25) is 4.99 Å². The van der Waals surface area contributed by atoms with Gasteiger partial charge in [0.25, 0.3) is 0 Å². The number of hydrogen-bond acceptors (Lipinski definition) is 3. The van der Waals surface area contributed by atoms with Crippen LogP contribution in [0.4, 0.5) is 0 Å². The van der Waals surface area contributed by atoms with Crippen LogP contribution in [0, 0.1) is 0 Å². The molecule has 0 saturated carbocycles. The number of nitrogens with two attached hydrogens (primary N) is 1. The molecule has 13 heavy (non-hydrogen) atoms. The van der Waals surface area contributed by atoms with E-state index in [1.807, 2.05) is 31.2 Å². The molecule has 3 heteroatoms. The molecule has 0 fully saturated rings. The fourth-order valence-corrected chi connectivity index (χ4v) is 1.48. The predicted molar refractivity (Wildman–Crippen MR) is 50.8 cm³/mol. The van der Waals surface area contributed by atoms with Crippen molar-refractivity contribution >= 4 is 6.08 Å². The Morgan fingerprint density at radius 2 is 2.23 bits per heavy atom. The summed E-state index contributed by atoms with van der Waals surface area (Å²) in [5.74, 6) is 0.836. The highest BCUT2D eigenvalue weighted by Crippen LogP contribution is 2.08. The summed E-state index contributed by atoms with van der Waals surface area (Å²) in [5.41, 5.74) is 5.30. The van der Waals surface area contributed by atoms with Crippen LogP contribution in [0.2, 0.25) is 0 Å². The number of rotatable bonds is 1. The Hall–Kier alpha value is -1.35. The van der Waals surface area contributed by atoms with Crippen molar-refractivity contribution in [2.75, 3.05) is 7.11 Å². The van der Waals surface area contributed by atoms with E-state index in [1.54, 1.807) is 7.11 Å². The smallest absolute Gasteiger partial charge is 0.125 e. The number of fused-ring (bicyclic) bond motifs is 1. The van der Waals surface area contributed by atoms with Gasteiger partial charge >= 0.3 is 0 Å². The highest BCUT2D eigenvalue weighted by atomic mass is 16.5. The van der Waals surface area contributed by atoms with Crippen molar-refractivity contribution in [1.29, 1.82) is 0 Å². The summed E-state index contributed by atoms with van der Waals surface area (Å²) in [4.78, 5) is 4.33. The first-order chi connectivity index (χ1) is 6.11. The van der Waals surface area contributed by atoms with E-state index < -0.39 is 5.66 Å². The molecule has 1 aromatic rings. The SMILES string of the molecule is COc1ccc2c(c1)=CC(C)(N)N=2. The summed E-state index contributed by atoms with van der Waals surface area (Å²) in [7, 11) is 1.65. The van der Waals surface area contributed by atoms with E-state index in [9.17, 15) is 0 Å². The molecule has 0 radical (unpaired) electrons. The minimum atomic E-state index is -0.561. The van der Waals surface area contributed by atoms with Crippen molar-refractivity contribution in [3.05, 3.63) is 28.8 Å². The summed E-state index contributed by atoms with van der Waals surface area (Å²) in [6.07, 6.45) is 1.94. The molecule has 3 nitrogen and oxygen atoms in total. The zero-order valence-electron chi connectivity index (χ0n) is 7.74. The molecule has 1 aliphatic heterocycles. The quantitative estimate of drug-likeness (QED) is 0.643. The van der Waals surface area contributed by atoms with E-state index in [2.05, 4.69) is 4.99 Å². The molecular weight excluding hydrogens is 164 g/mol. The summed E-state index contributed by atoms with van der Waals surface area (Å²) in [6, 6.07) is 5.75. The Balaban J connectivity index is 2.66. The summed E-state index contributed by atoms with van der Waals surface area (Å²) < 4.78 is 5.11. The van der Waals surface area contributed by atoms with Crippen molar-refractivity contribution in [3.8, 4) is 5.75 Å². The third-order valence-corrected chi connectivity index (χ3v) is 2.04. The number of benzene rings is 1. The van der Waals surface area contributed by atoms with E-state index in [1.165, 1.54) is 0 Å². The van der Waals surface area contributed by atoms with Gasteiger partial charge < -0.3 is 10.5 Å². The number of ether oxygens (including phenoxy) is 1. The fourth-order valence-electron chi connectivity index (χ4n) is 1.48. The lowest BCUT2D eigenvalue weighted by Crippen LogP contribution is -2.29. The number of methoxy groups -OCH3 is 1. The van der Waals surface area contributed by atoms with Crippen molar-refractivity contribution in [2.45, 2.75) is 12.6 Å². The molecule has 1 aromatic carbocycles. The molecule has 0 saturated heterocycles. The van der Waals surface area contributed by atoms with Crippen LogP contribution in [0.15, 0.2) is 23.2 Å². The maximum Gasteiger partial charge on any atom is 0.125 e. The van der Waals surface area contributed by atoms with Gasteiger partial charge in [0.15, 0.2) is 0 Å². The van der Waals surface area contributed by atoms with E-state index in [0.29, 0.717) is 0 Å². The van der Waals surface area contributed by atoms with Crippen LogP contribution in [-0.4, -0.2) is 12.8 Å². The molecule has 1 atom stereocenters. The molecule has 0 amide bonds. The van der Waals surface area contributed by atoms with E-state index in [0.717, 1.165) is 16.3 Å². The van der Waals surface area contributed by atoms with Crippen molar-refractivity contribution in [3.63, 3.8) is 0 Å². The van der Waals surface area contributed by atoms with Gasteiger partial charge in [0.1, 0.15) is 11.4 Å². The minimum absolute atomic E-state index is 0.561. The second-order valence-corrected chi connectivity index (χ2v) is 3.41. The highest BCUT2D eigenvalue weighted by Gasteiger charge is 2.16. The van der Waals surface area contributed by atoms with Gasteiger partial charge in [-0.1, -0.05) is 0 Å². The highest BCUT2D eigenvalue weighted by molar-refractivity contribution is 5.41. The Kier molecular flexibility index (Phi) is 1.63. The first kappa shape index (κ1) is 8.26. The molecule has 1 aliphatic rings. The second kappa shape index (κ2) is 2.57. The lowest BCUT2D eigenvalue weighted by Gasteiger charge is -2.08. The van der Waals surface area contributed by atoms with Crippen LogP contribution < -0.4 is 21.0 Å². The molecule has 1 unspecified atom stereocenters. The summed E-state index contributed by atoms with van der Waals surface area (Å²) >= 11 is 0. The average molecular weight is 176 g/mol. The molecule has 68 valence electrons. The van der Waals surface area contributed by atoms with Crippen LogP contribution in [0.25, 0.3) is 6.08 Å². The van der Waals surface area contributed by atoms with Crippen molar-refractivity contribution < 1.29 is 4.74 Å². The first-order valence-electron chi connectivity index (χ1n) is 4.16. The average Bonchev–Trinajstić information content (AvgIpc) is 2.36. The van der Waals surface area contributed by atoms with Crippen LogP contribution in [0.1, 0.15) is 6.92 Å². The Bertz CT molecular complexity index is 448. The molecule has 2 N–H and O–H groups in total. The van der Waals surface area contributed by atoms with Crippen LogP contribution in [0.3, 0.4) is 0 Å². The summed E-state index contributed by atoms with van der Waals surface area (Å²) in [5, 5.41) is 1.98. The first-order valence-corrected chi connectivity index (χ1v) is 4.16. The Labute approximate surface area is 76.5 Å². The normalized spacial score (nSPS) is 24.5. The summed E-state index contributed by atoms with van der Waals surface area (Å²) in [6.45, 7) is 1.87. The van der Waals surface area contributed by atoms with Gasteiger partial charge in [-0.2, -0.15) is 0 Å². The van der Waals surface area contributed by atoms with E-state index >= 15 is 0 Å². The second-order valence-electron chi connectivity index (χ2n) is 3.41. The maximum absolute atomic E-state index is 5.86. The third-order valence-electron chi connectivity index (χ3n) is 2.04. The molecule has 0 aromatic heterocycles. The molecule has 0 spiro atoms. The minimum Gasteiger partial charge on any atom is -0.497 e. The topological polar surface area (TPSA) is 47.6 Å². The van der Waals surface area contributed by atoms with Crippen LogP contribution >= 0.6 is 0 Å². The maximum atomic E-state index is 5.86. The van der Waals surface area contributed by atoms with E-state index in [4.69, 9.17) is 10.5 Å². The van der Waals surface area contributed by atoms with Crippen LogP contribution in [0.5, 0.6) is 5.75 Å². The Morgan fingerprint density at radius 1 is 1.46 bits per heavy atom. The van der Waals surface area contributed by atoms with Gasteiger partial charge in [0.2, 0.25) is 0 Å². The van der Waals surface area contributed by atoms with Gasteiger partial charge in [-0.05, 0) is 31.2 Å². The van der Waals surface area contributed by atoms with Crippen molar-refractivity contribution in [1.82, 2.24) is 0 Å². The lowest BCUT2D eigenvalue weighted by atomic mass is 10.2. The standard InChI is InChI=1S/C10H12N2O/c1-10(11)6-7-5-8(13-2)3-4-9(7)12-10/h3-6H,11H2,1-2H3. The number of nitrogens with zero attached hydrogens (tertiary/aromatic N) is 1. The molecule has 0 bridgehead atoms. The Morgan fingerprint density at radius 3 is 2.92 bits per heavy atom. The van der Waals surface area contributed by atoms with Gasteiger partial charge in [0, 0.05) is 5.22 Å². The van der Waals surface area contributed by atoms with E-state index in [-0.39, 0.29) is 0 Å². The lowest BCUT2D eigenvalue weighted by molar-refractivity contribution is 0.414. The fraction of sp³-hybridized carbons (Fsp3) is 0.300. The zero-order chi connectivity index (χ0) is 9.47. The largest absolute Gasteiger partial charge is 0.497 e. The van der Waals surface area contributed by atoms with Crippen LogP contribution in [-0.2, 0) is 0 Å². The molecule has 0 aliphatic carbocycles.